The van der Waals surface area contributed by atoms with E-state index in [9.17, 15) is 4.79 Å². The first-order chi connectivity index (χ1) is 14.4. The summed E-state index contributed by atoms with van der Waals surface area (Å²) in [5.74, 6) is 1.36. The number of amides is 1. The number of hydrogen-bond donors (Lipinski definition) is 1. The number of anilines is 1. The van der Waals surface area contributed by atoms with Crippen molar-refractivity contribution in [2.24, 2.45) is 5.73 Å². The number of nitrogens with two attached hydrogens (primary N) is 1. The molecular formula is C23H29N5O2. The van der Waals surface area contributed by atoms with Gasteiger partial charge in [0.1, 0.15) is 11.6 Å². The molecule has 0 aliphatic carbocycles. The molecule has 0 saturated carbocycles. The largest absolute Gasteiger partial charge is 0.377 e. The number of primary amides is 1. The average Bonchev–Trinajstić information content (AvgIpc) is 3.31. The van der Waals surface area contributed by atoms with Gasteiger partial charge in [0.05, 0.1) is 23.7 Å². The molecule has 3 heterocycles. The van der Waals surface area contributed by atoms with Crippen molar-refractivity contribution in [3.8, 4) is 11.4 Å². The van der Waals surface area contributed by atoms with Crippen LogP contribution in [0.15, 0.2) is 36.5 Å². The first-order valence-corrected chi connectivity index (χ1v) is 10.6. The fourth-order valence-electron chi connectivity index (χ4n) is 4.07. The number of carbonyl (C=O) groups excluding carboxylic acids is 1. The highest BCUT2D eigenvalue weighted by molar-refractivity contribution is 5.96. The summed E-state index contributed by atoms with van der Waals surface area (Å²) in [5, 5.41) is 0. The Hall–Kier alpha value is -2.93. The molecule has 3 aromatic rings. The highest BCUT2D eigenvalue weighted by Gasteiger charge is 2.22. The van der Waals surface area contributed by atoms with Gasteiger partial charge in [0, 0.05) is 36.5 Å². The Morgan fingerprint density at radius 3 is 2.77 bits per heavy atom. The Kier molecular flexibility index (Phi) is 5.72. The quantitative estimate of drug-likeness (QED) is 0.647. The van der Waals surface area contributed by atoms with Crippen LogP contribution in [-0.2, 0) is 11.3 Å². The van der Waals surface area contributed by atoms with Gasteiger partial charge in [-0.2, -0.15) is 0 Å². The van der Waals surface area contributed by atoms with Gasteiger partial charge in [0.2, 0.25) is 5.91 Å². The fraction of sp³-hybridized carbons (Fsp3) is 0.435. The van der Waals surface area contributed by atoms with Crippen molar-refractivity contribution in [1.82, 2.24) is 14.5 Å². The highest BCUT2D eigenvalue weighted by atomic mass is 16.5. The van der Waals surface area contributed by atoms with E-state index in [4.69, 9.17) is 20.4 Å². The van der Waals surface area contributed by atoms with Crippen LogP contribution in [-0.4, -0.2) is 45.7 Å². The molecule has 158 valence electrons. The van der Waals surface area contributed by atoms with E-state index in [0.717, 1.165) is 34.8 Å². The molecule has 1 aliphatic heterocycles. The number of fused-ring (bicyclic) bond motifs is 1. The summed E-state index contributed by atoms with van der Waals surface area (Å²) in [6.07, 6.45) is 4.46. The van der Waals surface area contributed by atoms with Crippen LogP contribution in [0.1, 0.15) is 44.0 Å². The first kappa shape index (κ1) is 20.3. The fourth-order valence-corrected chi connectivity index (χ4v) is 4.07. The zero-order valence-corrected chi connectivity index (χ0v) is 17.8. The standard InChI is InChI=1S/C23H29N5O2/c1-15(2)30-12-11-28-20-8-6-17(22(24)29)13-19(20)26-23(28)18-7-9-21(25-14-18)27-10-4-5-16(27)3/h6-9,13-16H,4-5,10-12H2,1-3H3,(H2,24,29)/t16-/m0/s1. The highest BCUT2D eigenvalue weighted by Crippen LogP contribution is 2.28. The Morgan fingerprint density at radius 1 is 1.30 bits per heavy atom. The molecule has 1 fully saturated rings. The van der Waals surface area contributed by atoms with E-state index in [-0.39, 0.29) is 6.10 Å². The average molecular weight is 408 g/mol. The van der Waals surface area contributed by atoms with Crippen molar-refractivity contribution in [1.29, 1.82) is 0 Å². The molecule has 0 bridgehead atoms. The number of carbonyl (C=O) groups is 1. The van der Waals surface area contributed by atoms with Crippen molar-refractivity contribution >= 4 is 22.8 Å². The number of imidazole rings is 1. The van der Waals surface area contributed by atoms with E-state index < -0.39 is 5.91 Å². The van der Waals surface area contributed by atoms with Crippen LogP contribution >= 0.6 is 0 Å². The number of hydrogen-bond acceptors (Lipinski definition) is 5. The molecule has 0 spiro atoms. The van der Waals surface area contributed by atoms with Crippen molar-refractivity contribution in [3.63, 3.8) is 0 Å². The zero-order chi connectivity index (χ0) is 21.3. The molecule has 4 rings (SSSR count). The SMILES string of the molecule is CC(C)OCCn1c(-c2ccc(N3CCC[C@@H]3C)nc2)nc2cc(C(N)=O)ccc21. The normalized spacial score (nSPS) is 16.7. The second-order valence-corrected chi connectivity index (χ2v) is 8.16. The molecule has 2 N–H and O–H groups in total. The molecule has 7 heteroatoms. The third kappa shape index (κ3) is 4.03. The summed E-state index contributed by atoms with van der Waals surface area (Å²) >= 11 is 0. The summed E-state index contributed by atoms with van der Waals surface area (Å²) in [6, 6.07) is 10.0. The minimum absolute atomic E-state index is 0.160. The summed E-state index contributed by atoms with van der Waals surface area (Å²) in [4.78, 5) is 23.5. The number of ether oxygens (including phenoxy) is 1. The van der Waals surface area contributed by atoms with E-state index >= 15 is 0 Å². The molecule has 0 unspecified atom stereocenters. The van der Waals surface area contributed by atoms with Gasteiger partial charge < -0.3 is 19.9 Å². The van der Waals surface area contributed by atoms with Gasteiger partial charge in [-0.25, -0.2) is 9.97 Å². The number of pyridine rings is 1. The Bertz CT molecular complexity index is 1040. The van der Waals surface area contributed by atoms with E-state index in [0.29, 0.717) is 24.8 Å². The van der Waals surface area contributed by atoms with Crippen LogP contribution in [0.2, 0.25) is 0 Å². The second kappa shape index (κ2) is 8.44. The Labute approximate surface area is 176 Å². The number of aromatic nitrogens is 3. The lowest BCUT2D eigenvalue weighted by Crippen LogP contribution is -2.26. The molecule has 1 atom stereocenters. The second-order valence-electron chi connectivity index (χ2n) is 8.16. The van der Waals surface area contributed by atoms with Crippen LogP contribution in [0.3, 0.4) is 0 Å². The maximum Gasteiger partial charge on any atom is 0.248 e. The van der Waals surface area contributed by atoms with Gasteiger partial charge >= 0.3 is 0 Å². The molecule has 1 amide bonds. The van der Waals surface area contributed by atoms with Crippen molar-refractivity contribution in [3.05, 3.63) is 42.1 Å². The maximum atomic E-state index is 11.6. The molecule has 1 aliphatic rings. The lowest BCUT2D eigenvalue weighted by molar-refractivity contribution is 0.0735. The van der Waals surface area contributed by atoms with E-state index in [1.54, 1.807) is 12.1 Å². The molecule has 2 aromatic heterocycles. The van der Waals surface area contributed by atoms with E-state index in [2.05, 4.69) is 28.5 Å². The maximum absolute atomic E-state index is 11.6. The lowest BCUT2D eigenvalue weighted by atomic mass is 10.2. The Morgan fingerprint density at radius 2 is 2.13 bits per heavy atom. The van der Waals surface area contributed by atoms with Gasteiger partial charge in [-0.1, -0.05) is 0 Å². The lowest BCUT2D eigenvalue weighted by Gasteiger charge is -2.22. The third-order valence-electron chi connectivity index (χ3n) is 5.65. The minimum atomic E-state index is -0.457. The summed E-state index contributed by atoms with van der Waals surface area (Å²) < 4.78 is 7.89. The monoisotopic (exact) mass is 407 g/mol. The van der Waals surface area contributed by atoms with Crippen molar-refractivity contribution in [2.45, 2.75) is 52.3 Å². The van der Waals surface area contributed by atoms with Gasteiger partial charge in [0.25, 0.3) is 0 Å². The first-order valence-electron chi connectivity index (χ1n) is 10.6. The molecular weight excluding hydrogens is 378 g/mol. The van der Waals surface area contributed by atoms with Gasteiger partial charge in [-0.15, -0.1) is 0 Å². The predicted molar refractivity (Wildman–Crippen MR) is 119 cm³/mol. The van der Waals surface area contributed by atoms with Crippen LogP contribution in [0.25, 0.3) is 22.4 Å². The van der Waals surface area contributed by atoms with Gasteiger partial charge in [-0.05, 0) is 63.9 Å². The van der Waals surface area contributed by atoms with E-state index in [1.807, 2.05) is 26.1 Å². The number of rotatable bonds is 7. The van der Waals surface area contributed by atoms with Crippen LogP contribution < -0.4 is 10.6 Å². The van der Waals surface area contributed by atoms with Crippen LogP contribution in [0.4, 0.5) is 5.82 Å². The van der Waals surface area contributed by atoms with Gasteiger partial charge in [-0.3, -0.25) is 4.79 Å². The molecule has 0 radical (unpaired) electrons. The molecule has 7 nitrogen and oxygen atoms in total. The summed E-state index contributed by atoms with van der Waals surface area (Å²) in [7, 11) is 0. The summed E-state index contributed by atoms with van der Waals surface area (Å²) in [6.45, 7) is 8.57. The predicted octanol–water partition coefficient (Wildman–Crippen LogP) is 3.61. The van der Waals surface area contributed by atoms with Crippen molar-refractivity contribution in [2.75, 3.05) is 18.1 Å². The van der Waals surface area contributed by atoms with Crippen LogP contribution in [0.5, 0.6) is 0 Å². The number of nitrogens with zero attached hydrogens (tertiary/aromatic N) is 4. The molecule has 30 heavy (non-hydrogen) atoms. The smallest absolute Gasteiger partial charge is 0.248 e. The number of benzene rings is 1. The van der Waals surface area contributed by atoms with Crippen molar-refractivity contribution < 1.29 is 9.53 Å². The van der Waals surface area contributed by atoms with E-state index in [1.165, 1.54) is 12.8 Å². The Balaban J connectivity index is 1.71. The minimum Gasteiger partial charge on any atom is -0.377 e. The van der Waals surface area contributed by atoms with Gasteiger partial charge in [0.15, 0.2) is 0 Å². The molecule has 1 saturated heterocycles. The topological polar surface area (TPSA) is 86.3 Å². The molecule has 1 aromatic carbocycles. The van der Waals surface area contributed by atoms with Crippen LogP contribution in [0, 0.1) is 0 Å². The third-order valence-corrected chi connectivity index (χ3v) is 5.65. The zero-order valence-electron chi connectivity index (χ0n) is 17.8. The summed E-state index contributed by atoms with van der Waals surface area (Å²) in [5.41, 5.74) is 8.53.